The lowest BCUT2D eigenvalue weighted by Crippen LogP contribution is -2.39. The molecule has 1 amide bonds. The Morgan fingerprint density at radius 3 is 2.75 bits per heavy atom. The number of hydrogen-bond acceptors (Lipinski definition) is 1. The average molecular weight is 266 g/mol. The van der Waals surface area contributed by atoms with Crippen LogP contribution in [0, 0.1) is 0 Å². The number of benzene rings is 1. The van der Waals surface area contributed by atoms with Gasteiger partial charge in [0.05, 0.1) is 6.04 Å². The van der Waals surface area contributed by atoms with E-state index in [0.29, 0.717) is 0 Å². The number of carbonyl (C=O) groups is 1. The van der Waals surface area contributed by atoms with Crippen molar-refractivity contribution in [3.05, 3.63) is 66.0 Å². The van der Waals surface area contributed by atoms with E-state index >= 15 is 0 Å². The van der Waals surface area contributed by atoms with Crippen molar-refractivity contribution in [2.75, 3.05) is 6.54 Å². The zero-order chi connectivity index (χ0) is 13.9. The summed E-state index contributed by atoms with van der Waals surface area (Å²) in [4.78, 5) is 14.3. The third-order valence-corrected chi connectivity index (χ3v) is 3.84. The molecule has 0 saturated carbocycles. The molecule has 3 rings (SSSR count). The van der Waals surface area contributed by atoms with Crippen LogP contribution in [0.3, 0.4) is 0 Å². The number of nitrogens with zero attached hydrogens (tertiary/aromatic N) is 2. The van der Waals surface area contributed by atoms with E-state index in [9.17, 15) is 4.79 Å². The maximum atomic E-state index is 12.3. The summed E-state index contributed by atoms with van der Waals surface area (Å²) in [6.07, 6.45) is 5.63. The molecule has 0 N–H and O–H groups in total. The largest absolute Gasteiger partial charge is 0.348 e. The molecule has 3 heteroatoms. The standard InChI is InChI=1S/C17H18N2O/c1-14-16-8-5-11-18(16)12-13-19(14)17(20)10-9-15-6-3-2-4-7-15/h2-11,14H,12-13H2,1H3/b10-9+/t14-/m1/s1. The van der Waals surface area contributed by atoms with Crippen molar-refractivity contribution in [3.63, 3.8) is 0 Å². The first-order valence-electron chi connectivity index (χ1n) is 6.94. The van der Waals surface area contributed by atoms with Crippen molar-refractivity contribution in [1.82, 2.24) is 9.47 Å². The van der Waals surface area contributed by atoms with E-state index in [0.717, 1.165) is 18.7 Å². The molecule has 1 aliphatic heterocycles. The van der Waals surface area contributed by atoms with E-state index in [1.807, 2.05) is 47.4 Å². The summed E-state index contributed by atoms with van der Waals surface area (Å²) in [5.74, 6) is 0.0776. The lowest BCUT2D eigenvalue weighted by molar-refractivity contribution is -0.129. The topological polar surface area (TPSA) is 25.2 Å². The molecule has 3 nitrogen and oxygen atoms in total. The monoisotopic (exact) mass is 266 g/mol. The van der Waals surface area contributed by atoms with Crippen molar-refractivity contribution in [2.24, 2.45) is 0 Å². The Bertz CT molecular complexity index is 627. The van der Waals surface area contributed by atoms with Crippen LogP contribution >= 0.6 is 0 Å². The summed E-state index contributed by atoms with van der Waals surface area (Å²) < 4.78 is 2.22. The van der Waals surface area contributed by atoms with Crippen LogP contribution in [0.2, 0.25) is 0 Å². The minimum absolute atomic E-state index is 0.0776. The summed E-state index contributed by atoms with van der Waals surface area (Å²) in [7, 11) is 0. The van der Waals surface area contributed by atoms with Gasteiger partial charge in [0.1, 0.15) is 0 Å². The van der Waals surface area contributed by atoms with Crippen LogP contribution in [0.15, 0.2) is 54.7 Å². The third kappa shape index (κ3) is 2.39. The average Bonchev–Trinajstić information content (AvgIpc) is 2.96. The van der Waals surface area contributed by atoms with Gasteiger partial charge < -0.3 is 9.47 Å². The fourth-order valence-corrected chi connectivity index (χ4v) is 2.71. The first-order valence-corrected chi connectivity index (χ1v) is 6.94. The number of aromatic nitrogens is 1. The Labute approximate surface area is 119 Å². The van der Waals surface area contributed by atoms with Gasteiger partial charge in [0, 0.05) is 31.1 Å². The van der Waals surface area contributed by atoms with Gasteiger partial charge >= 0.3 is 0 Å². The number of hydrogen-bond donors (Lipinski definition) is 0. The van der Waals surface area contributed by atoms with Crippen molar-refractivity contribution >= 4 is 12.0 Å². The smallest absolute Gasteiger partial charge is 0.247 e. The zero-order valence-electron chi connectivity index (χ0n) is 11.6. The molecule has 0 bridgehead atoms. The molecular formula is C17H18N2O. The highest BCUT2D eigenvalue weighted by atomic mass is 16.2. The first-order chi connectivity index (χ1) is 9.75. The number of carbonyl (C=O) groups excluding carboxylic acids is 1. The molecule has 20 heavy (non-hydrogen) atoms. The van der Waals surface area contributed by atoms with Gasteiger partial charge in [-0.05, 0) is 30.7 Å². The van der Waals surface area contributed by atoms with Gasteiger partial charge in [-0.1, -0.05) is 30.3 Å². The molecule has 0 aliphatic carbocycles. The van der Waals surface area contributed by atoms with Crippen LogP contribution in [0.1, 0.15) is 24.2 Å². The van der Waals surface area contributed by atoms with Crippen LogP contribution in [0.5, 0.6) is 0 Å². The Morgan fingerprint density at radius 2 is 1.95 bits per heavy atom. The van der Waals surface area contributed by atoms with Crippen LogP contribution in [-0.2, 0) is 11.3 Å². The lowest BCUT2D eigenvalue weighted by Gasteiger charge is -2.34. The summed E-state index contributed by atoms with van der Waals surface area (Å²) >= 11 is 0. The van der Waals surface area contributed by atoms with Crippen molar-refractivity contribution < 1.29 is 4.79 Å². The van der Waals surface area contributed by atoms with E-state index in [2.05, 4.69) is 23.8 Å². The molecule has 0 saturated heterocycles. The molecular weight excluding hydrogens is 248 g/mol. The van der Waals surface area contributed by atoms with Gasteiger partial charge in [0.2, 0.25) is 5.91 Å². The molecule has 1 aromatic heterocycles. The van der Waals surface area contributed by atoms with Gasteiger partial charge in [-0.15, -0.1) is 0 Å². The summed E-state index contributed by atoms with van der Waals surface area (Å²) in [5, 5.41) is 0. The minimum Gasteiger partial charge on any atom is -0.348 e. The van der Waals surface area contributed by atoms with E-state index < -0.39 is 0 Å². The minimum atomic E-state index is 0.0776. The first kappa shape index (κ1) is 12.7. The fraction of sp³-hybridized carbons (Fsp3) is 0.235. The highest BCUT2D eigenvalue weighted by Crippen LogP contribution is 2.25. The highest BCUT2D eigenvalue weighted by molar-refractivity contribution is 5.92. The number of amides is 1. The zero-order valence-corrected chi connectivity index (χ0v) is 11.6. The van der Waals surface area contributed by atoms with Crippen LogP contribution in [-0.4, -0.2) is 21.9 Å². The lowest BCUT2D eigenvalue weighted by atomic mass is 10.1. The molecule has 2 aromatic rings. The molecule has 1 aliphatic rings. The van der Waals surface area contributed by atoms with E-state index in [-0.39, 0.29) is 11.9 Å². The molecule has 0 fully saturated rings. The maximum Gasteiger partial charge on any atom is 0.247 e. The maximum absolute atomic E-state index is 12.3. The second-order valence-electron chi connectivity index (χ2n) is 5.08. The molecule has 1 atom stereocenters. The number of fused-ring (bicyclic) bond motifs is 1. The highest BCUT2D eigenvalue weighted by Gasteiger charge is 2.25. The fourth-order valence-electron chi connectivity index (χ4n) is 2.71. The molecule has 0 spiro atoms. The number of rotatable bonds is 2. The molecule has 0 unspecified atom stereocenters. The van der Waals surface area contributed by atoms with Crippen molar-refractivity contribution in [1.29, 1.82) is 0 Å². The van der Waals surface area contributed by atoms with Crippen molar-refractivity contribution in [2.45, 2.75) is 19.5 Å². The van der Waals surface area contributed by atoms with Gasteiger partial charge in [0.15, 0.2) is 0 Å². The Balaban J connectivity index is 1.74. The molecule has 102 valence electrons. The van der Waals surface area contributed by atoms with Gasteiger partial charge in [-0.3, -0.25) is 4.79 Å². The molecule has 1 aromatic carbocycles. The summed E-state index contributed by atoms with van der Waals surface area (Å²) in [6, 6.07) is 14.2. The quantitative estimate of drug-likeness (QED) is 0.767. The van der Waals surface area contributed by atoms with E-state index in [4.69, 9.17) is 0 Å². The Morgan fingerprint density at radius 1 is 1.15 bits per heavy atom. The van der Waals surface area contributed by atoms with E-state index in [1.165, 1.54) is 5.69 Å². The third-order valence-electron chi connectivity index (χ3n) is 3.84. The second-order valence-corrected chi connectivity index (χ2v) is 5.08. The van der Waals surface area contributed by atoms with Crippen LogP contribution in [0.4, 0.5) is 0 Å². The van der Waals surface area contributed by atoms with Gasteiger partial charge in [-0.2, -0.15) is 0 Å². The SMILES string of the molecule is C[C@@H]1c2cccn2CCN1C(=O)/C=C/c1ccccc1. The van der Waals surface area contributed by atoms with Crippen LogP contribution < -0.4 is 0 Å². The van der Waals surface area contributed by atoms with Crippen molar-refractivity contribution in [3.8, 4) is 0 Å². The summed E-state index contributed by atoms with van der Waals surface area (Å²) in [5.41, 5.74) is 2.26. The van der Waals surface area contributed by atoms with Crippen LogP contribution in [0.25, 0.3) is 6.08 Å². The van der Waals surface area contributed by atoms with Gasteiger partial charge in [0.25, 0.3) is 0 Å². The van der Waals surface area contributed by atoms with E-state index in [1.54, 1.807) is 6.08 Å². The summed E-state index contributed by atoms with van der Waals surface area (Å²) in [6.45, 7) is 3.72. The predicted octanol–water partition coefficient (Wildman–Crippen LogP) is 3.10. The normalized spacial score (nSPS) is 18.2. The Kier molecular flexibility index (Phi) is 3.42. The molecule has 0 radical (unpaired) electrons. The Hall–Kier alpha value is -2.29. The van der Waals surface area contributed by atoms with Gasteiger partial charge in [-0.25, -0.2) is 0 Å². The second kappa shape index (κ2) is 5.37. The molecule has 2 heterocycles. The predicted molar refractivity (Wildman–Crippen MR) is 80.0 cm³/mol.